The molecule has 0 aliphatic carbocycles. The largest absolute Gasteiger partial charge is 0.469 e. The molecule has 0 bridgehead atoms. The molecule has 6 nitrogen and oxygen atoms in total. The summed E-state index contributed by atoms with van der Waals surface area (Å²) in [4.78, 5) is 22.0. The zero-order valence-electron chi connectivity index (χ0n) is 14.5. The molecule has 1 heterocycles. The summed E-state index contributed by atoms with van der Waals surface area (Å²) < 4.78 is 50.9. The van der Waals surface area contributed by atoms with Crippen LogP contribution in [0.2, 0.25) is 0 Å². The van der Waals surface area contributed by atoms with Gasteiger partial charge in [0.25, 0.3) is 11.3 Å². The lowest BCUT2D eigenvalue weighted by atomic mass is 9.86. The molecule has 0 amide bonds. The van der Waals surface area contributed by atoms with Gasteiger partial charge in [-0.3, -0.25) is 10.1 Å². The molecule has 0 aromatic heterocycles. The van der Waals surface area contributed by atoms with Gasteiger partial charge in [-0.05, 0) is 19.1 Å². The van der Waals surface area contributed by atoms with E-state index in [1.165, 1.54) is 6.92 Å². The van der Waals surface area contributed by atoms with E-state index in [1.807, 2.05) is 0 Å². The lowest BCUT2D eigenvalue weighted by molar-refractivity contribution is -0.384. The fourth-order valence-electron chi connectivity index (χ4n) is 2.79. The molecule has 146 valence electrons. The first-order chi connectivity index (χ1) is 13.2. The van der Waals surface area contributed by atoms with Gasteiger partial charge >= 0.3 is 12.1 Å². The molecule has 2 aromatic carbocycles. The number of non-ortho nitro benzene ring substituents is 1. The van der Waals surface area contributed by atoms with Gasteiger partial charge in [0.2, 0.25) is 0 Å². The van der Waals surface area contributed by atoms with Crippen molar-refractivity contribution in [3.63, 3.8) is 0 Å². The molecule has 0 saturated heterocycles. The number of hydrogen-bond acceptors (Lipinski definition) is 5. The third kappa shape index (κ3) is 3.30. The number of nitro groups is 1. The maximum Gasteiger partial charge on any atom is 0.435 e. The minimum absolute atomic E-state index is 0.0873. The SMILES string of the molecule is CC1=C(c2ccccc2)O[C@@]1(COC(=O)c1ccc([N+](=O)[O-])cc1)C(F)(F)F. The van der Waals surface area contributed by atoms with Crippen LogP contribution in [-0.2, 0) is 9.47 Å². The van der Waals surface area contributed by atoms with Crippen molar-refractivity contribution in [2.24, 2.45) is 0 Å². The molecule has 1 aliphatic heterocycles. The van der Waals surface area contributed by atoms with Crippen LogP contribution in [0.1, 0.15) is 22.8 Å². The Morgan fingerprint density at radius 1 is 1.14 bits per heavy atom. The minimum atomic E-state index is -4.80. The maximum atomic E-state index is 13.7. The maximum absolute atomic E-state index is 13.7. The van der Waals surface area contributed by atoms with E-state index in [-0.39, 0.29) is 22.6 Å². The van der Waals surface area contributed by atoms with Crippen LogP contribution in [0.5, 0.6) is 0 Å². The van der Waals surface area contributed by atoms with Gasteiger partial charge in [-0.25, -0.2) is 4.79 Å². The third-order valence-electron chi connectivity index (χ3n) is 4.44. The lowest BCUT2D eigenvalue weighted by Gasteiger charge is -2.45. The van der Waals surface area contributed by atoms with Crippen molar-refractivity contribution in [1.82, 2.24) is 0 Å². The lowest BCUT2D eigenvalue weighted by Crippen LogP contribution is -2.57. The summed E-state index contributed by atoms with van der Waals surface area (Å²) in [5.41, 5.74) is -2.69. The Hall–Kier alpha value is -3.36. The van der Waals surface area contributed by atoms with E-state index in [0.717, 1.165) is 24.3 Å². The Bertz CT molecular complexity index is 938. The van der Waals surface area contributed by atoms with Crippen molar-refractivity contribution in [1.29, 1.82) is 0 Å². The van der Waals surface area contributed by atoms with Gasteiger partial charge in [-0.15, -0.1) is 0 Å². The van der Waals surface area contributed by atoms with E-state index in [2.05, 4.69) is 0 Å². The number of alkyl halides is 3. The summed E-state index contributed by atoms with van der Waals surface area (Å²) in [7, 11) is 0. The number of nitro benzene ring substituents is 1. The molecule has 2 aromatic rings. The van der Waals surface area contributed by atoms with Crippen molar-refractivity contribution < 1.29 is 32.4 Å². The number of ether oxygens (including phenoxy) is 2. The number of rotatable bonds is 5. The van der Waals surface area contributed by atoms with E-state index in [9.17, 15) is 28.1 Å². The minimum Gasteiger partial charge on any atom is -0.469 e. The summed E-state index contributed by atoms with van der Waals surface area (Å²) >= 11 is 0. The second-order valence-electron chi connectivity index (χ2n) is 6.13. The van der Waals surface area contributed by atoms with Crippen LogP contribution in [-0.4, -0.2) is 29.3 Å². The second-order valence-corrected chi connectivity index (χ2v) is 6.13. The number of carbonyl (C=O) groups excluding carboxylic acids is 1. The van der Waals surface area contributed by atoms with Gasteiger partial charge in [-0.2, -0.15) is 13.2 Å². The number of esters is 1. The van der Waals surface area contributed by atoms with Crippen molar-refractivity contribution in [2.75, 3.05) is 6.61 Å². The number of hydrogen-bond donors (Lipinski definition) is 0. The van der Waals surface area contributed by atoms with Crippen LogP contribution in [0, 0.1) is 10.1 Å². The summed E-state index contributed by atoms with van der Waals surface area (Å²) in [5.74, 6) is -0.951. The quantitative estimate of drug-likeness (QED) is 0.424. The zero-order valence-corrected chi connectivity index (χ0v) is 14.5. The molecule has 0 fully saturated rings. The highest BCUT2D eigenvalue weighted by Gasteiger charge is 2.65. The molecule has 1 aliphatic rings. The Kier molecular flexibility index (Phi) is 4.84. The molecular formula is C19H14F3NO5. The van der Waals surface area contributed by atoms with Gasteiger partial charge in [0, 0.05) is 23.3 Å². The Morgan fingerprint density at radius 2 is 1.75 bits per heavy atom. The summed E-state index contributed by atoms with van der Waals surface area (Å²) in [6, 6.07) is 12.6. The number of nitrogens with zero attached hydrogens (tertiary/aromatic N) is 1. The zero-order chi connectivity index (χ0) is 20.5. The fraction of sp³-hybridized carbons (Fsp3) is 0.211. The van der Waals surface area contributed by atoms with E-state index in [1.54, 1.807) is 30.3 Å². The smallest absolute Gasteiger partial charge is 0.435 e. The van der Waals surface area contributed by atoms with E-state index in [4.69, 9.17) is 9.47 Å². The molecule has 9 heteroatoms. The fourth-order valence-corrected chi connectivity index (χ4v) is 2.79. The Balaban J connectivity index is 1.79. The highest BCUT2D eigenvalue weighted by Crippen LogP contribution is 2.52. The number of benzene rings is 2. The topological polar surface area (TPSA) is 78.7 Å². The first-order valence-corrected chi connectivity index (χ1v) is 8.10. The van der Waals surface area contributed by atoms with Gasteiger partial charge in [0.05, 0.1) is 10.5 Å². The molecular weight excluding hydrogens is 379 g/mol. The second kappa shape index (κ2) is 6.99. The third-order valence-corrected chi connectivity index (χ3v) is 4.44. The van der Waals surface area contributed by atoms with Crippen LogP contribution in [0.15, 0.2) is 60.2 Å². The molecule has 0 unspecified atom stereocenters. The standard InChI is InChI=1S/C19H14F3NO5/c1-12-16(13-5-3-2-4-6-13)28-18(12,19(20,21)22)11-27-17(24)14-7-9-15(10-8-14)23(25)26/h2-10H,11H2,1H3/t18-/m1/s1. The first-order valence-electron chi connectivity index (χ1n) is 8.10. The van der Waals surface area contributed by atoms with Crippen molar-refractivity contribution >= 4 is 17.4 Å². The van der Waals surface area contributed by atoms with Gasteiger partial charge in [0.1, 0.15) is 12.4 Å². The predicted octanol–water partition coefficient (Wildman–Crippen LogP) is 4.51. The van der Waals surface area contributed by atoms with Crippen LogP contribution in [0.4, 0.5) is 18.9 Å². The highest BCUT2D eigenvalue weighted by molar-refractivity contribution is 5.89. The average Bonchev–Trinajstić information content (AvgIpc) is 2.66. The molecule has 0 N–H and O–H groups in total. The Labute approximate surface area is 157 Å². The molecule has 1 atom stereocenters. The Morgan fingerprint density at radius 3 is 2.25 bits per heavy atom. The van der Waals surface area contributed by atoms with Gasteiger partial charge < -0.3 is 9.47 Å². The molecule has 0 spiro atoms. The van der Waals surface area contributed by atoms with Crippen molar-refractivity contribution in [2.45, 2.75) is 18.7 Å². The van der Waals surface area contributed by atoms with Crippen LogP contribution >= 0.6 is 0 Å². The number of halogens is 3. The van der Waals surface area contributed by atoms with Gasteiger partial charge in [0.15, 0.2) is 0 Å². The first kappa shape index (κ1) is 19.4. The molecule has 0 radical (unpaired) electrons. The monoisotopic (exact) mass is 393 g/mol. The average molecular weight is 393 g/mol. The van der Waals surface area contributed by atoms with Crippen LogP contribution in [0.25, 0.3) is 5.76 Å². The molecule has 28 heavy (non-hydrogen) atoms. The molecule has 0 saturated carbocycles. The molecule has 3 rings (SSSR count). The summed E-state index contributed by atoms with van der Waals surface area (Å²) in [6.45, 7) is 0.216. The van der Waals surface area contributed by atoms with Crippen LogP contribution < -0.4 is 0 Å². The van der Waals surface area contributed by atoms with Crippen LogP contribution in [0.3, 0.4) is 0 Å². The summed E-state index contributed by atoms with van der Waals surface area (Å²) in [5, 5.41) is 10.6. The van der Waals surface area contributed by atoms with E-state index < -0.39 is 29.3 Å². The van der Waals surface area contributed by atoms with Gasteiger partial charge in [-0.1, -0.05) is 30.3 Å². The summed E-state index contributed by atoms with van der Waals surface area (Å²) in [6.07, 6.45) is -4.80. The number of carbonyl (C=O) groups is 1. The highest BCUT2D eigenvalue weighted by atomic mass is 19.4. The van der Waals surface area contributed by atoms with E-state index >= 15 is 0 Å². The van der Waals surface area contributed by atoms with E-state index in [0.29, 0.717) is 5.56 Å². The predicted molar refractivity (Wildman–Crippen MR) is 92.3 cm³/mol. The normalized spacial score (nSPS) is 18.9. The van der Waals surface area contributed by atoms with Crippen molar-refractivity contribution in [3.8, 4) is 0 Å². The van der Waals surface area contributed by atoms with Crippen molar-refractivity contribution in [3.05, 3.63) is 81.4 Å².